The second-order valence-electron chi connectivity index (χ2n) is 6.98. The Hall–Kier alpha value is -0.0800. The van der Waals surface area contributed by atoms with E-state index in [2.05, 4.69) is 25.7 Å². The zero-order valence-electron chi connectivity index (χ0n) is 12.6. The van der Waals surface area contributed by atoms with Gasteiger partial charge in [-0.15, -0.1) is 0 Å². The van der Waals surface area contributed by atoms with E-state index in [9.17, 15) is 0 Å². The van der Waals surface area contributed by atoms with Gasteiger partial charge < -0.3 is 5.73 Å². The quantitative estimate of drug-likeness (QED) is 0.835. The van der Waals surface area contributed by atoms with Crippen molar-refractivity contribution in [1.29, 1.82) is 0 Å². The molecule has 0 spiro atoms. The van der Waals surface area contributed by atoms with E-state index in [1.165, 1.54) is 45.1 Å². The van der Waals surface area contributed by atoms with Gasteiger partial charge in [0.05, 0.1) is 0 Å². The molecule has 106 valence electrons. The van der Waals surface area contributed by atoms with E-state index in [0.717, 1.165) is 36.4 Å². The standard InChI is InChI=1S/C16H32N2/c1-12(2)15-6-4-5-7-16(15)18-11-14(10-17)9-8-13(18)3/h12-16H,4-11,17H2,1-3H3. The van der Waals surface area contributed by atoms with E-state index in [1.807, 2.05) is 0 Å². The summed E-state index contributed by atoms with van der Waals surface area (Å²) >= 11 is 0. The predicted octanol–water partition coefficient (Wildman–Crippen LogP) is 3.26. The summed E-state index contributed by atoms with van der Waals surface area (Å²) in [6.45, 7) is 9.39. The normalized spacial score (nSPS) is 39.2. The SMILES string of the molecule is CC(C)C1CCCCC1N1CC(CN)CCC1C. The lowest BCUT2D eigenvalue weighted by Crippen LogP contribution is -2.53. The minimum absolute atomic E-state index is 0.746. The van der Waals surface area contributed by atoms with E-state index in [1.54, 1.807) is 0 Å². The molecule has 1 heterocycles. The van der Waals surface area contributed by atoms with Crippen molar-refractivity contribution >= 4 is 0 Å². The molecule has 1 aliphatic heterocycles. The molecule has 1 saturated carbocycles. The summed E-state index contributed by atoms with van der Waals surface area (Å²) in [6.07, 6.45) is 8.44. The summed E-state index contributed by atoms with van der Waals surface area (Å²) in [5, 5.41) is 0. The van der Waals surface area contributed by atoms with Crippen LogP contribution in [0, 0.1) is 17.8 Å². The predicted molar refractivity (Wildman–Crippen MR) is 78.5 cm³/mol. The van der Waals surface area contributed by atoms with Crippen LogP contribution in [-0.2, 0) is 0 Å². The van der Waals surface area contributed by atoms with E-state index in [4.69, 9.17) is 5.73 Å². The van der Waals surface area contributed by atoms with Gasteiger partial charge in [-0.2, -0.15) is 0 Å². The highest BCUT2D eigenvalue weighted by molar-refractivity contribution is 4.90. The molecule has 18 heavy (non-hydrogen) atoms. The first-order valence-electron chi connectivity index (χ1n) is 8.09. The van der Waals surface area contributed by atoms with Gasteiger partial charge in [0.1, 0.15) is 0 Å². The molecule has 2 nitrogen and oxygen atoms in total. The van der Waals surface area contributed by atoms with Crippen LogP contribution in [-0.4, -0.2) is 30.1 Å². The molecule has 0 bridgehead atoms. The number of piperidine rings is 1. The molecule has 0 amide bonds. The number of rotatable bonds is 3. The summed E-state index contributed by atoms with van der Waals surface area (Å²) in [5.41, 5.74) is 5.91. The molecule has 0 aromatic carbocycles. The minimum atomic E-state index is 0.746. The topological polar surface area (TPSA) is 29.3 Å². The number of likely N-dealkylation sites (tertiary alicyclic amines) is 1. The monoisotopic (exact) mass is 252 g/mol. The third-order valence-corrected chi connectivity index (χ3v) is 5.43. The Balaban J connectivity index is 2.06. The van der Waals surface area contributed by atoms with Crippen LogP contribution in [0.25, 0.3) is 0 Å². The van der Waals surface area contributed by atoms with Gasteiger partial charge in [-0.1, -0.05) is 26.7 Å². The van der Waals surface area contributed by atoms with Crippen molar-refractivity contribution in [3.63, 3.8) is 0 Å². The Kier molecular flexibility index (Phi) is 5.08. The van der Waals surface area contributed by atoms with Crippen LogP contribution in [0.1, 0.15) is 59.3 Å². The van der Waals surface area contributed by atoms with Crippen LogP contribution in [0.4, 0.5) is 0 Å². The highest BCUT2D eigenvalue weighted by atomic mass is 15.2. The van der Waals surface area contributed by atoms with Crippen molar-refractivity contribution in [2.75, 3.05) is 13.1 Å². The fourth-order valence-electron chi connectivity index (χ4n) is 4.20. The number of nitrogens with two attached hydrogens (primary N) is 1. The fraction of sp³-hybridized carbons (Fsp3) is 1.00. The Bertz CT molecular complexity index is 251. The fourth-order valence-corrected chi connectivity index (χ4v) is 4.20. The van der Waals surface area contributed by atoms with Gasteiger partial charge >= 0.3 is 0 Å². The summed E-state index contributed by atoms with van der Waals surface area (Å²) in [5.74, 6) is 2.49. The molecule has 1 aliphatic carbocycles. The summed E-state index contributed by atoms with van der Waals surface area (Å²) in [4.78, 5) is 2.82. The van der Waals surface area contributed by atoms with Gasteiger partial charge in [-0.3, -0.25) is 4.90 Å². The van der Waals surface area contributed by atoms with Gasteiger partial charge in [-0.05, 0) is 56.9 Å². The van der Waals surface area contributed by atoms with Gasteiger partial charge in [0.2, 0.25) is 0 Å². The molecular formula is C16H32N2. The third-order valence-electron chi connectivity index (χ3n) is 5.43. The maximum Gasteiger partial charge on any atom is 0.0129 e. The Morgan fingerprint density at radius 3 is 2.50 bits per heavy atom. The molecule has 0 aromatic rings. The number of nitrogens with zero attached hydrogens (tertiary/aromatic N) is 1. The van der Waals surface area contributed by atoms with Gasteiger partial charge in [0.25, 0.3) is 0 Å². The molecule has 4 unspecified atom stereocenters. The highest BCUT2D eigenvalue weighted by Gasteiger charge is 2.36. The lowest BCUT2D eigenvalue weighted by molar-refractivity contribution is 0.0118. The van der Waals surface area contributed by atoms with Crippen molar-refractivity contribution in [3.8, 4) is 0 Å². The Morgan fingerprint density at radius 2 is 1.83 bits per heavy atom. The van der Waals surface area contributed by atoms with Crippen LogP contribution in [0.15, 0.2) is 0 Å². The highest BCUT2D eigenvalue weighted by Crippen LogP contribution is 2.37. The van der Waals surface area contributed by atoms with Crippen molar-refractivity contribution in [2.24, 2.45) is 23.5 Å². The first-order valence-corrected chi connectivity index (χ1v) is 8.09. The van der Waals surface area contributed by atoms with E-state index >= 15 is 0 Å². The third kappa shape index (κ3) is 3.08. The van der Waals surface area contributed by atoms with Crippen LogP contribution in [0.3, 0.4) is 0 Å². The average Bonchev–Trinajstić information content (AvgIpc) is 2.39. The lowest BCUT2D eigenvalue weighted by Gasteiger charge is -2.48. The summed E-state index contributed by atoms with van der Waals surface area (Å²) < 4.78 is 0. The van der Waals surface area contributed by atoms with Crippen molar-refractivity contribution in [2.45, 2.75) is 71.4 Å². The Labute approximate surface area is 113 Å². The Morgan fingerprint density at radius 1 is 1.11 bits per heavy atom. The summed E-state index contributed by atoms with van der Waals surface area (Å²) in [7, 11) is 0. The first-order chi connectivity index (χ1) is 8.63. The minimum Gasteiger partial charge on any atom is -0.330 e. The molecule has 2 N–H and O–H groups in total. The average molecular weight is 252 g/mol. The van der Waals surface area contributed by atoms with Gasteiger partial charge in [-0.25, -0.2) is 0 Å². The van der Waals surface area contributed by atoms with Crippen LogP contribution in [0.5, 0.6) is 0 Å². The second kappa shape index (κ2) is 6.38. The molecule has 2 aliphatic rings. The molecule has 2 rings (SSSR count). The van der Waals surface area contributed by atoms with Gasteiger partial charge in [0, 0.05) is 18.6 Å². The van der Waals surface area contributed by atoms with Crippen molar-refractivity contribution in [1.82, 2.24) is 4.90 Å². The van der Waals surface area contributed by atoms with Crippen molar-refractivity contribution < 1.29 is 0 Å². The lowest BCUT2D eigenvalue weighted by atomic mass is 9.75. The summed E-state index contributed by atoms with van der Waals surface area (Å²) in [6, 6.07) is 1.61. The molecule has 2 fully saturated rings. The molecule has 1 saturated heterocycles. The van der Waals surface area contributed by atoms with Crippen LogP contribution >= 0.6 is 0 Å². The molecule has 4 atom stereocenters. The number of hydrogen-bond acceptors (Lipinski definition) is 2. The molecular weight excluding hydrogens is 220 g/mol. The number of hydrogen-bond donors (Lipinski definition) is 1. The largest absolute Gasteiger partial charge is 0.330 e. The first kappa shape index (κ1) is 14.3. The van der Waals surface area contributed by atoms with Gasteiger partial charge in [0.15, 0.2) is 0 Å². The smallest absolute Gasteiger partial charge is 0.0129 e. The zero-order chi connectivity index (χ0) is 13.1. The van der Waals surface area contributed by atoms with Crippen LogP contribution in [0.2, 0.25) is 0 Å². The van der Waals surface area contributed by atoms with E-state index < -0.39 is 0 Å². The van der Waals surface area contributed by atoms with Crippen LogP contribution < -0.4 is 5.73 Å². The zero-order valence-corrected chi connectivity index (χ0v) is 12.6. The maximum absolute atomic E-state index is 5.91. The maximum atomic E-state index is 5.91. The molecule has 0 radical (unpaired) electrons. The molecule has 2 heteroatoms. The second-order valence-corrected chi connectivity index (χ2v) is 6.98. The van der Waals surface area contributed by atoms with Crippen molar-refractivity contribution in [3.05, 3.63) is 0 Å². The van der Waals surface area contributed by atoms with E-state index in [0.29, 0.717) is 0 Å². The van der Waals surface area contributed by atoms with E-state index in [-0.39, 0.29) is 0 Å². The molecule has 0 aromatic heterocycles.